The van der Waals surface area contributed by atoms with Gasteiger partial charge in [-0.15, -0.1) is 0 Å². The molecule has 2 fully saturated rings. The lowest BCUT2D eigenvalue weighted by Crippen LogP contribution is -2.33. The Bertz CT molecular complexity index is 368. The highest BCUT2D eigenvalue weighted by Crippen LogP contribution is 2.38. The van der Waals surface area contributed by atoms with Crippen LogP contribution in [0.3, 0.4) is 0 Å². The number of thioether (sulfide) groups is 1. The van der Waals surface area contributed by atoms with E-state index >= 15 is 0 Å². The number of rotatable bonds is 2. The van der Waals surface area contributed by atoms with Crippen LogP contribution >= 0.6 is 27.7 Å². The second kappa shape index (κ2) is 4.11. The lowest BCUT2D eigenvalue weighted by Gasteiger charge is -2.26. The second-order valence-electron chi connectivity index (χ2n) is 4.37. The molecule has 2 bridgehead atoms. The summed E-state index contributed by atoms with van der Waals surface area (Å²) in [4.78, 5) is 2.64. The van der Waals surface area contributed by atoms with Crippen LogP contribution in [0.1, 0.15) is 12.0 Å². The second-order valence-corrected chi connectivity index (χ2v) is 6.55. The van der Waals surface area contributed by atoms with Gasteiger partial charge >= 0.3 is 0 Å². The van der Waals surface area contributed by atoms with Crippen molar-refractivity contribution in [1.82, 2.24) is 4.90 Å². The van der Waals surface area contributed by atoms with E-state index in [4.69, 9.17) is 0 Å². The number of likely N-dealkylation sites (tertiary alicyclic amines) is 1. The molecule has 2 atom stereocenters. The molecule has 3 heteroatoms. The summed E-state index contributed by atoms with van der Waals surface area (Å²) in [6.45, 7) is 2.40. The first kappa shape index (κ1) is 10.2. The van der Waals surface area contributed by atoms with Crippen molar-refractivity contribution >= 4 is 27.7 Å². The number of nitrogens with zero attached hydrogens (tertiary/aromatic N) is 1. The van der Waals surface area contributed by atoms with Gasteiger partial charge in [-0.25, -0.2) is 0 Å². The Morgan fingerprint density at radius 2 is 2.27 bits per heavy atom. The highest BCUT2D eigenvalue weighted by atomic mass is 79.9. The van der Waals surface area contributed by atoms with E-state index in [9.17, 15) is 0 Å². The van der Waals surface area contributed by atoms with Gasteiger partial charge < -0.3 is 0 Å². The molecule has 1 aromatic rings. The van der Waals surface area contributed by atoms with Gasteiger partial charge in [0.25, 0.3) is 0 Å². The third-order valence-corrected chi connectivity index (χ3v) is 5.51. The van der Waals surface area contributed by atoms with Crippen molar-refractivity contribution in [2.75, 3.05) is 12.3 Å². The number of halogens is 1. The van der Waals surface area contributed by atoms with Crippen LogP contribution in [0, 0.1) is 0 Å². The van der Waals surface area contributed by atoms with Crippen molar-refractivity contribution in [3.8, 4) is 0 Å². The molecule has 2 aliphatic rings. The Balaban J connectivity index is 1.73. The molecule has 1 nitrogen and oxygen atoms in total. The fourth-order valence-corrected chi connectivity index (χ4v) is 4.42. The van der Waals surface area contributed by atoms with Crippen molar-refractivity contribution < 1.29 is 0 Å². The third-order valence-electron chi connectivity index (χ3n) is 3.35. The molecule has 2 aliphatic heterocycles. The molecule has 0 N–H and O–H groups in total. The lowest BCUT2D eigenvalue weighted by atomic mass is 10.2. The molecule has 3 rings (SSSR count). The predicted molar refractivity (Wildman–Crippen MR) is 69.2 cm³/mol. The minimum Gasteiger partial charge on any atom is -0.294 e. The minimum absolute atomic E-state index is 0.840. The normalized spacial score (nSPS) is 29.9. The van der Waals surface area contributed by atoms with Gasteiger partial charge in [0.1, 0.15) is 0 Å². The largest absolute Gasteiger partial charge is 0.294 e. The maximum absolute atomic E-state index is 3.62. The molecule has 0 saturated carbocycles. The standard InChI is InChI=1S/C12H14BrNS/c13-12-4-2-1-3-9(12)6-14-7-11-5-10(14)8-15-11/h1-4,10-11H,5-8H2. The summed E-state index contributed by atoms with van der Waals surface area (Å²) in [6, 6.07) is 9.41. The van der Waals surface area contributed by atoms with Crippen molar-refractivity contribution in [3.63, 3.8) is 0 Å². The monoisotopic (exact) mass is 283 g/mol. The topological polar surface area (TPSA) is 3.24 Å². The SMILES string of the molecule is Brc1ccccc1CN1CC2CC1CS2. The van der Waals surface area contributed by atoms with E-state index in [0.29, 0.717) is 0 Å². The van der Waals surface area contributed by atoms with E-state index in [-0.39, 0.29) is 0 Å². The van der Waals surface area contributed by atoms with Gasteiger partial charge in [0.2, 0.25) is 0 Å². The number of benzene rings is 1. The summed E-state index contributed by atoms with van der Waals surface area (Å²) < 4.78 is 1.25. The quantitative estimate of drug-likeness (QED) is 0.821. The Labute approximate surface area is 103 Å². The van der Waals surface area contributed by atoms with Gasteiger partial charge in [0.15, 0.2) is 0 Å². The molecule has 2 unspecified atom stereocenters. The first-order valence-electron chi connectivity index (χ1n) is 5.42. The number of hydrogen-bond donors (Lipinski definition) is 0. The summed E-state index contributed by atoms with van der Waals surface area (Å²) in [7, 11) is 0. The van der Waals surface area contributed by atoms with E-state index in [1.165, 1.54) is 28.8 Å². The van der Waals surface area contributed by atoms with Gasteiger partial charge in [-0.2, -0.15) is 11.8 Å². The van der Waals surface area contributed by atoms with Gasteiger partial charge in [-0.05, 0) is 18.1 Å². The number of fused-ring (bicyclic) bond motifs is 2. The highest BCUT2D eigenvalue weighted by molar-refractivity contribution is 9.10. The molecule has 1 aromatic carbocycles. The molecule has 15 heavy (non-hydrogen) atoms. The minimum atomic E-state index is 0.840. The Morgan fingerprint density at radius 3 is 2.93 bits per heavy atom. The van der Waals surface area contributed by atoms with Gasteiger partial charge in [0.05, 0.1) is 0 Å². The maximum atomic E-state index is 3.62. The zero-order valence-corrected chi connectivity index (χ0v) is 10.9. The molecular formula is C12H14BrNS. The number of hydrogen-bond acceptors (Lipinski definition) is 2. The van der Waals surface area contributed by atoms with Crippen molar-refractivity contribution in [1.29, 1.82) is 0 Å². The van der Waals surface area contributed by atoms with Crippen LogP contribution < -0.4 is 0 Å². The fraction of sp³-hybridized carbons (Fsp3) is 0.500. The van der Waals surface area contributed by atoms with Gasteiger partial charge in [0, 0.05) is 34.6 Å². The van der Waals surface area contributed by atoms with Crippen molar-refractivity contribution in [3.05, 3.63) is 34.3 Å². The van der Waals surface area contributed by atoms with Gasteiger partial charge in [-0.1, -0.05) is 34.1 Å². The van der Waals surface area contributed by atoms with Gasteiger partial charge in [-0.3, -0.25) is 4.90 Å². The van der Waals surface area contributed by atoms with E-state index in [1.807, 2.05) is 0 Å². The average molecular weight is 284 g/mol. The fourth-order valence-electron chi connectivity index (χ4n) is 2.52. The van der Waals surface area contributed by atoms with Crippen LogP contribution in [-0.4, -0.2) is 28.5 Å². The van der Waals surface area contributed by atoms with Crippen molar-refractivity contribution in [2.45, 2.75) is 24.3 Å². The molecule has 0 spiro atoms. The molecule has 2 saturated heterocycles. The van der Waals surface area contributed by atoms with Crippen LogP contribution in [0.2, 0.25) is 0 Å². The summed E-state index contributed by atoms with van der Waals surface area (Å²) in [5, 5.41) is 0.914. The average Bonchev–Trinajstić information content (AvgIpc) is 2.83. The maximum Gasteiger partial charge on any atom is 0.0248 e. The predicted octanol–water partition coefficient (Wildman–Crippen LogP) is 3.14. The van der Waals surface area contributed by atoms with Crippen LogP contribution in [0.25, 0.3) is 0 Å². The molecule has 0 amide bonds. The van der Waals surface area contributed by atoms with E-state index in [1.54, 1.807) is 0 Å². The van der Waals surface area contributed by atoms with Crippen LogP contribution in [0.5, 0.6) is 0 Å². The molecule has 80 valence electrons. The van der Waals surface area contributed by atoms with E-state index < -0.39 is 0 Å². The molecule has 0 radical (unpaired) electrons. The van der Waals surface area contributed by atoms with Crippen LogP contribution in [0.15, 0.2) is 28.7 Å². The Morgan fingerprint density at radius 1 is 1.40 bits per heavy atom. The molecule has 0 aliphatic carbocycles. The Hall–Kier alpha value is 0.01000. The molecule has 2 heterocycles. The van der Waals surface area contributed by atoms with E-state index in [2.05, 4.69) is 56.9 Å². The Kier molecular flexibility index (Phi) is 2.79. The summed E-state index contributed by atoms with van der Waals surface area (Å²) in [5.41, 5.74) is 1.43. The first-order chi connectivity index (χ1) is 7.33. The zero-order chi connectivity index (χ0) is 10.3. The molecule has 0 aromatic heterocycles. The highest BCUT2D eigenvalue weighted by Gasteiger charge is 2.38. The lowest BCUT2D eigenvalue weighted by molar-refractivity contribution is 0.260. The molecular weight excluding hydrogens is 270 g/mol. The van der Waals surface area contributed by atoms with Crippen LogP contribution in [-0.2, 0) is 6.54 Å². The smallest absolute Gasteiger partial charge is 0.0248 e. The van der Waals surface area contributed by atoms with E-state index in [0.717, 1.165) is 17.8 Å². The summed E-state index contributed by atoms with van der Waals surface area (Å²) in [5.74, 6) is 1.34. The first-order valence-corrected chi connectivity index (χ1v) is 7.26. The summed E-state index contributed by atoms with van der Waals surface area (Å²) >= 11 is 5.78. The third kappa shape index (κ3) is 1.97. The van der Waals surface area contributed by atoms with Crippen molar-refractivity contribution in [2.24, 2.45) is 0 Å². The summed E-state index contributed by atoms with van der Waals surface area (Å²) in [6.07, 6.45) is 1.41. The zero-order valence-electron chi connectivity index (χ0n) is 8.53. The van der Waals surface area contributed by atoms with Crippen LogP contribution in [0.4, 0.5) is 0 Å².